The van der Waals surface area contributed by atoms with Crippen LogP contribution < -0.4 is 15.6 Å². The van der Waals surface area contributed by atoms with E-state index in [1.807, 2.05) is 0 Å². The number of hydrazine groups is 1. The quantitative estimate of drug-likeness (QED) is 0.134. The maximum Gasteiger partial charge on any atom is 0.266 e. The van der Waals surface area contributed by atoms with Crippen molar-refractivity contribution in [3.63, 3.8) is 0 Å². The highest BCUT2D eigenvalue weighted by atomic mass is 32.2. The van der Waals surface area contributed by atoms with Gasteiger partial charge in [-0.05, 0) is 59.7 Å². The number of nitrogens with one attached hydrogen (secondary N) is 2. The van der Waals surface area contributed by atoms with Gasteiger partial charge in [0.2, 0.25) is 5.90 Å². The van der Waals surface area contributed by atoms with Gasteiger partial charge in [-0.2, -0.15) is 0 Å². The van der Waals surface area contributed by atoms with Gasteiger partial charge in [-0.15, -0.1) is 0 Å². The lowest BCUT2D eigenvalue weighted by atomic mass is 9.85. The number of hydrogen-bond donors (Lipinski definition) is 3. The Morgan fingerprint density at radius 3 is 2.30 bits per heavy atom. The second-order valence-corrected chi connectivity index (χ2v) is 12.7. The van der Waals surface area contributed by atoms with Gasteiger partial charge >= 0.3 is 0 Å². The number of carbonyl (C=O) groups is 1. The van der Waals surface area contributed by atoms with Crippen LogP contribution in [0.3, 0.4) is 0 Å². The minimum absolute atomic E-state index is 0.00336. The van der Waals surface area contributed by atoms with Crippen LogP contribution >= 0.6 is 0 Å². The topological polar surface area (TPSA) is 126 Å². The summed E-state index contributed by atoms with van der Waals surface area (Å²) in [5.41, 5.74) is 5.09. The lowest BCUT2D eigenvalue weighted by molar-refractivity contribution is -0.130. The summed E-state index contributed by atoms with van der Waals surface area (Å²) < 4.78 is 66.0. The Hall–Kier alpha value is -4.65. The standard InChI is InChI=1S/C34H33F2N3O6S/c35-29-17-12-24(22-30(29)36)23-37-39-33(41)34(18-21-46(42,43)28-10-5-2-6-11-28)31(25-8-3-1-4-9-25)45-32(38-34)26-13-15-27(16-14-26)44-20-7-19-40/h1-6,8-17,22,31,37,40H,7,18-21,23H2,(H,39,41)/t31-,34-/m0/s1. The van der Waals surface area contributed by atoms with Gasteiger partial charge in [0.25, 0.3) is 5.91 Å². The summed E-state index contributed by atoms with van der Waals surface area (Å²) in [5, 5.41) is 9.02. The number of halogens is 2. The molecular formula is C34H33F2N3O6S. The molecule has 0 saturated heterocycles. The second-order valence-electron chi connectivity index (χ2n) is 10.6. The molecular weight excluding hydrogens is 616 g/mol. The Bertz CT molecular complexity index is 1770. The van der Waals surface area contributed by atoms with Gasteiger partial charge in [0.1, 0.15) is 5.75 Å². The van der Waals surface area contributed by atoms with Crippen molar-refractivity contribution in [2.24, 2.45) is 4.99 Å². The number of hydrogen-bond acceptors (Lipinski definition) is 8. The first-order chi connectivity index (χ1) is 22.2. The van der Waals surface area contributed by atoms with E-state index in [1.165, 1.54) is 18.2 Å². The molecule has 0 saturated carbocycles. The van der Waals surface area contributed by atoms with Crippen molar-refractivity contribution < 1.29 is 36.6 Å². The molecule has 1 amide bonds. The lowest BCUT2D eigenvalue weighted by Gasteiger charge is -2.30. The molecule has 5 rings (SSSR count). The van der Waals surface area contributed by atoms with E-state index in [0.29, 0.717) is 35.5 Å². The van der Waals surface area contributed by atoms with E-state index in [9.17, 15) is 22.0 Å². The number of aliphatic imine (C=N–C) groups is 1. The maximum atomic E-state index is 14.2. The number of aliphatic hydroxyl groups excluding tert-OH is 1. The molecule has 0 spiro atoms. The highest BCUT2D eigenvalue weighted by Gasteiger charge is 2.53. The van der Waals surface area contributed by atoms with Gasteiger partial charge in [-0.1, -0.05) is 54.6 Å². The Morgan fingerprint density at radius 1 is 0.935 bits per heavy atom. The maximum absolute atomic E-state index is 14.2. The number of benzene rings is 4. The molecule has 4 aromatic rings. The number of carbonyl (C=O) groups excluding carboxylic acids is 1. The fraction of sp³-hybridized carbons (Fsp3) is 0.235. The van der Waals surface area contributed by atoms with Crippen LogP contribution in [0.25, 0.3) is 0 Å². The van der Waals surface area contributed by atoms with Crippen LogP contribution in [0.1, 0.15) is 35.6 Å². The van der Waals surface area contributed by atoms with Crippen LogP contribution in [0.4, 0.5) is 8.78 Å². The second kappa shape index (κ2) is 14.6. The molecule has 0 radical (unpaired) electrons. The van der Waals surface area contributed by atoms with Gasteiger partial charge in [0.15, 0.2) is 33.1 Å². The number of amides is 1. The summed E-state index contributed by atoms with van der Waals surface area (Å²) in [6.07, 6.45) is -0.779. The predicted molar refractivity (Wildman–Crippen MR) is 168 cm³/mol. The predicted octanol–water partition coefficient (Wildman–Crippen LogP) is 4.67. The number of aliphatic hydroxyl groups is 1. The lowest BCUT2D eigenvalue weighted by Crippen LogP contribution is -2.53. The van der Waals surface area contributed by atoms with Crippen LogP contribution in [-0.2, 0) is 25.9 Å². The summed E-state index contributed by atoms with van der Waals surface area (Å²) in [7, 11) is -3.83. The molecule has 4 aromatic carbocycles. The zero-order valence-corrected chi connectivity index (χ0v) is 25.6. The van der Waals surface area contributed by atoms with E-state index < -0.39 is 44.8 Å². The van der Waals surface area contributed by atoms with Crippen LogP contribution in [0.5, 0.6) is 5.75 Å². The summed E-state index contributed by atoms with van der Waals surface area (Å²) in [4.78, 5) is 19.1. The van der Waals surface area contributed by atoms with Gasteiger partial charge in [-0.3, -0.25) is 10.2 Å². The van der Waals surface area contributed by atoms with Crippen LogP contribution in [0.15, 0.2) is 113 Å². The molecule has 3 N–H and O–H groups in total. The van der Waals surface area contributed by atoms with E-state index in [1.54, 1.807) is 72.8 Å². The van der Waals surface area contributed by atoms with Crippen molar-refractivity contribution in [3.8, 4) is 5.75 Å². The van der Waals surface area contributed by atoms with E-state index in [2.05, 4.69) is 10.9 Å². The van der Waals surface area contributed by atoms with E-state index in [-0.39, 0.29) is 30.4 Å². The number of rotatable bonds is 14. The average molecular weight is 650 g/mol. The third-order valence-electron chi connectivity index (χ3n) is 7.46. The first kappa shape index (κ1) is 32.7. The van der Waals surface area contributed by atoms with E-state index >= 15 is 0 Å². The zero-order chi connectivity index (χ0) is 32.6. The first-order valence-corrected chi connectivity index (χ1v) is 16.3. The number of ether oxygens (including phenoxy) is 2. The monoisotopic (exact) mass is 649 g/mol. The summed E-state index contributed by atoms with van der Waals surface area (Å²) in [6.45, 7) is 0.288. The molecule has 12 heteroatoms. The van der Waals surface area contributed by atoms with Crippen molar-refractivity contribution in [2.45, 2.75) is 35.9 Å². The highest BCUT2D eigenvalue weighted by Crippen LogP contribution is 2.43. The highest BCUT2D eigenvalue weighted by molar-refractivity contribution is 7.91. The van der Waals surface area contributed by atoms with Gasteiger partial charge in [-0.25, -0.2) is 27.6 Å². The van der Waals surface area contributed by atoms with E-state index in [4.69, 9.17) is 19.6 Å². The summed E-state index contributed by atoms with van der Waals surface area (Å²) >= 11 is 0. The largest absolute Gasteiger partial charge is 0.494 e. The molecule has 0 fully saturated rings. The molecule has 1 heterocycles. The molecule has 0 aromatic heterocycles. The minimum Gasteiger partial charge on any atom is -0.494 e. The first-order valence-electron chi connectivity index (χ1n) is 14.6. The normalized spacial score (nSPS) is 17.6. The average Bonchev–Trinajstić information content (AvgIpc) is 3.48. The van der Waals surface area contributed by atoms with Crippen LogP contribution in [-0.4, -0.2) is 49.8 Å². The molecule has 1 aliphatic heterocycles. The molecule has 46 heavy (non-hydrogen) atoms. The smallest absolute Gasteiger partial charge is 0.266 e. The van der Waals surface area contributed by atoms with Crippen molar-refractivity contribution in [1.29, 1.82) is 0 Å². The van der Waals surface area contributed by atoms with Gasteiger partial charge < -0.3 is 14.6 Å². The number of sulfone groups is 1. The summed E-state index contributed by atoms with van der Waals surface area (Å²) in [5.74, 6) is -2.42. The Labute approximate surface area is 265 Å². The molecule has 9 nitrogen and oxygen atoms in total. The van der Waals surface area contributed by atoms with Crippen molar-refractivity contribution in [3.05, 3.63) is 131 Å². The molecule has 0 unspecified atom stereocenters. The fourth-order valence-corrected chi connectivity index (χ4v) is 6.41. The Kier molecular flexibility index (Phi) is 10.4. The fourth-order valence-electron chi connectivity index (χ4n) is 5.02. The zero-order valence-electron chi connectivity index (χ0n) is 24.7. The summed E-state index contributed by atoms with van der Waals surface area (Å²) in [6, 6.07) is 27.0. The Balaban J connectivity index is 1.49. The molecule has 240 valence electrons. The third-order valence-corrected chi connectivity index (χ3v) is 9.20. The molecule has 2 atom stereocenters. The van der Waals surface area contributed by atoms with Gasteiger partial charge in [0, 0.05) is 31.6 Å². The van der Waals surface area contributed by atoms with Crippen LogP contribution in [0, 0.1) is 11.6 Å². The minimum atomic E-state index is -3.83. The molecule has 0 bridgehead atoms. The SMILES string of the molecule is O=C(NNCc1ccc(F)c(F)c1)[C@@]1(CCS(=O)(=O)c2ccccc2)N=C(c2ccc(OCCCO)cc2)O[C@H]1c1ccccc1. The van der Waals surface area contributed by atoms with Crippen molar-refractivity contribution in [2.75, 3.05) is 19.0 Å². The molecule has 0 aliphatic carbocycles. The third kappa shape index (κ3) is 7.58. The van der Waals surface area contributed by atoms with E-state index in [0.717, 1.165) is 12.1 Å². The van der Waals surface area contributed by atoms with Crippen molar-refractivity contribution in [1.82, 2.24) is 10.9 Å². The Morgan fingerprint density at radius 2 is 1.63 bits per heavy atom. The van der Waals surface area contributed by atoms with Crippen molar-refractivity contribution >= 4 is 21.6 Å². The molecule has 1 aliphatic rings. The van der Waals surface area contributed by atoms with Gasteiger partial charge in [0.05, 0.1) is 17.3 Å². The number of nitrogens with zero attached hydrogens (tertiary/aromatic N) is 1. The van der Waals surface area contributed by atoms with Crippen LogP contribution in [0.2, 0.25) is 0 Å².